The molecule has 1 aliphatic rings. The van der Waals surface area contributed by atoms with Gasteiger partial charge in [-0.05, 0) is 98.4 Å². The van der Waals surface area contributed by atoms with Crippen molar-refractivity contribution in [3.63, 3.8) is 0 Å². The lowest BCUT2D eigenvalue weighted by Crippen LogP contribution is -2.33. The summed E-state index contributed by atoms with van der Waals surface area (Å²) in [5, 5.41) is 2.16. The molecule has 0 spiro atoms. The first-order valence-corrected chi connectivity index (χ1v) is 13.4. The molecule has 1 fully saturated rings. The van der Waals surface area contributed by atoms with Crippen molar-refractivity contribution >= 4 is 22.1 Å². The van der Waals surface area contributed by atoms with Crippen LogP contribution in [0.1, 0.15) is 31.1 Å². The maximum atomic E-state index is 6.55. The van der Waals surface area contributed by atoms with Crippen molar-refractivity contribution < 1.29 is 14.2 Å². The number of rotatable bonds is 9. The molecule has 0 atom stereocenters. The average molecular weight is 488 g/mol. The Hall–Kier alpha value is -3.02. The average Bonchev–Trinajstić information content (AvgIpc) is 3.39. The van der Waals surface area contributed by atoms with Gasteiger partial charge in [0.2, 0.25) is 0 Å². The number of hydrogen-bond acceptors (Lipinski definition) is 5. The maximum Gasteiger partial charge on any atom is 0.143 e. The molecule has 0 amide bonds. The molecule has 1 saturated heterocycles. The molecule has 4 nitrogen and oxygen atoms in total. The van der Waals surface area contributed by atoms with E-state index in [4.69, 9.17) is 14.2 Å². The third-order valence-corrected chi connectivity index (χ3v) is 7.88. The molecule has 3 aromatic carbocycles. The summed E-state index contributed by atoms with van der Waals surface area (Å²) >= 11 is 1.82. The molecule has 0 N–H and O–H groups in total. The van der Waals surface area contributed by atoms with Crippen molar-refractivity contribution in [1.29, 1.82) is 0 Å². The summed E-state index contributed by atoms with van der Waals surface area (Å²) in [5.41, 5.74) is 1.11. The van der Waals surface area contributed by atoms with Crippen molar-refractivity contribution in [3.8, 4) is 33.4 Å². The lowest BCUT2D eigenvalue weighted by molar-refractivity contribution is 0.183. The largest absolute Gasteiger partial charge is 0.497 e. The van der Waals surface area contributed by atoms with Crippen molar-refractivity contribution in [2.45, 2.75) is 32.6 Å². The van der Waals surface area contributed by atoms with E-state index in [0.29, 0.717) is 6.61 Å². The SMILES string of the molecule is CCc1ccc(-c2ccc3cc(OC)ccc3c2Oc2ccc(OCCN3CCCCC3)cc2)s1. The first-order chi connectivity index (χ1) is 17.2. The van der Waals surface area contributed by atoms with E-state index < -0.39 is 0 Å². The Labute approximate surface area is 212 Å². The summed E-state index contributed by atoms with van der Waals surface area (Å²) < 4.78 is 18.0. The molecule has 0 saturated carbocycles. The van der Waals surface area contributed by atoms with Crippen LogP contribution >= 0.6 is 11.3 Å². The van der Waals surface area contributed by atoms with Gasteiger partial charge in [-0.25, -0.2) is 0 Å². The van der Waals surface area contributed by atoms with Gasteiger partial charge in [-0.1, -0.05) is 19.4 Å². The van der Waals surface area contributed by atoms with Crippen LogP contribution in [0.4, 0.5) is 0 Å². The zero-order valence-corrected chi connectivity index (χ0v) is 21.4. The summed E-state index contributed by atoms with van der Waals surface area (Å²) in [4.78, 5) is 5.08. The molecule has 0 bridgehead atoms. The lowest BCUT2D eigenvalue weighted by atomic mass is 10.0. The molecule has 2 heterocycles. The van der Waals surface area contributed by atoms with Crippen LogP contribution in [0.5, 0.6) is 23.0 Å². The van der Waals surface area contributed by atoms with Crippen molar-refractivity contribution in [1.82, 2.24) is 4.90 Å². The third-order valence-electron chi connectivity index (χ3n) is 6.62. The van der Waals surface area contributed by atoms with Crippen LogP contribution < -0.4 is 14.2 Å². The van der Waals surface area contributed by atoms with Gasteiger partial charge in [0.1, 0.15) is 29.6 Å². The Morgan fingerprint density at radius 1 is 0.829 bits per heavy atom. The van der Waals surface area contributed by atoms with Gasteiger partial charge in [-0.2, -0.15) is 0 Å². The molecule has 5 heteroatoms. The Bertz CT molecular complexity index is 1260. The fourth-order valence-electron chi connectivity index (χ4n) is 4.62. The van der Waals surface area contributed by atoms with Gasteiger partial charge in [0.15, 0.2) is 0 Å². The predicted molar refractivity (Wildman–Crippen MR) is 145 cm³/mol. The zero-order valence-electron chi connectivity index (χ0n) is 20.6. The molecule has 4 aromatic rings. The molecule has 1 aromatic heterocycles. The van der Waals surface area contributed by atoms with Gasteiger partial charge < -0.3 is 14.2 Å². The fraction of sp³-hybridized carbons (Fsp3) is 0.333. The zero-order chi connectivity index (χ0) is 24.0. The molecule has 35 heavy (non-hydrogen) atoms. The van der Waals surface area contributed by atoms with Gasteiger partial charge in [0, 0.05) is 27.2 Å². The van der Waals surface area contributed by atoms with Crippen molar-refractivity contribution in [2.75, 3.05) is 33.4 Å². The highest BCUT2D eigenvalue weighted by atomic mass is 32.1. The topological polar surface area (TPSA) is 30.9 Å². The number of piperidine rings is 1. The van der Waals surface area contributed by atoms with Crippen molar-refractivity contribution in [2.24, 2.45) is 0 Å². The summed E-state index contributed by atoms with van der Waals surface area (Å²) in [6, 6.07) is 22.8. The highest BCUT2D eigenvalue weighted by Gasteiger charge is 2.15. The molecular formula is C30H33NO3S. The van der Waals surface area contributed by atoms with E-state index in [9.17, 15) is 0 Å². The summed E-state index contributed by atoms with van der Waals surface area (Å²) in [5.74, 6) is 3.38. The van der Waals surface area contributed by atoms with E-state index in [-0.39, 0.29) is 0 Å². The monoisotopic (exact) mass is 487 g/mol. The number of benzene rings is 3. The standard InChI is InChI=1S/C30H33NO3S/c1-3-26-13-16-29(35-26)28-14-7-22-21-25(32-2)12-15-27(22)30(28)34-24-10-8-23(9-11-24)33-20-19-31-17-5-4-6-18-31/h7-16,21H,3-6,17-20H2,1-2H3. The second-order valence-electron chi connectivity index (χ2n) is 8.97. The first kappa shape index (κ1) is 23.7. The van der Waals surface area contributed by atoms with E-state index >= 15 is 0 Å². The number of methoxy groups -OCH3 is 1. The van der Waals surface area contributed by atoms with E-state index in [1.807, 2.05) is 41.7 Å². The van der Waals surface area contributed by atoms with Gasteiger partial charge in [-0.3, -0.25) is 4.90 Å². The normalized spacial score (nSPS) is 14.2. The number of fused-ring (bicyclic) bond motifs is 1. The van der Waals surface area contributed by atoms with Gasteiger partial charge in [-0.15, -0.1) is 11.3 Å². The smallest absolute Gasteiger partial charge is 0.143 e. The molecule has 5 rings (SSSR count). The highest BCUT2D eigenvalue weighted by molar-refractivity contribution is 7.15. The minimum absolute atomic E-state index is 0.716. The Balaban J connectivity index is 1.37. The number of likely N-dealkylation sites (tertiary alicyclic amines) is 1. The minimum atomic E-state index is 0.716. The first-order valence-electron chi connectivity index (χ1n) is 12.6. The maximum absolute atomic E-state index is 6.55. The van der Waals surface area contributed by atoms with E-state index in [1.54, 1.807) is 7.11 Å². The Kier molecular flexibility index (Phi) is 7.55. The predicted octanol–water partition coefficient (Wildman–Crippen LogP) is 7.80. The lowest BCUT2D eigenvalue weighted by Gasteiger charge is -2.26. The van der Waals surface area contributed by atoms with Crippen LogP contribution in [-0.2, 0) is 6.42 Å². The molecule has 0 radical (unpaired) electrons. The van der Waals surface area contributed by atoms with Crippen molar-refractivity contribution in [3.05, 3.63) is 71.6 Å². The molecule has 1 aliphatic heterocycles. The van der Waals surface area contributed by atoms with E-state index in [2.05, 4.69) is 48.2 Å². The third kappa shape index (κ3) is 5.63. The van der Waals surface area contributed by atoms with Crippen LogP contribution in [0.15, 0.2) is 66.7 Å². The molecule has 0 unspecified atom stereocenters. The quantitative estimate of drug-likeness (QED) is 0.241. The number of ether oxygens (including phenoxy) is 3. The molecule has 182 valence electrons. The molecule has 0 aliphatic carbocycles. The van der Waals surface area contributed by atoms with Gasteiger partial charge in [0.25, 0.3) is 0 Å². The number of hydrogen-bond donors (Lipinski definition) is 0. The van der Waals surface area contributed by atoms with Crippen LogP contribution in [0.2, 0.25) is 0 Å². The van der Waals surface area contributed by atoms with Crippen LogP contribution in [-0.4, -0.2) is 38.3 Å². The highest BCUT2D eigenvalue weighted by Crippen LogP contribution is 2.43. The fourth-order valence-corrected chi connectivity index (χ4v) is 5.59. The minimum Gasteiger partial charge on any atom is -0.497 e. The van der Waals surface area contributed by atoms with Crippen LogP contribution in [0.3, 0.4) is 0 Å². The summed E-state index contributed by atoms with van der Waals surface area (Å²) in [7, 11) is 1.70. The van der Waals surface area contributed by atoms with Gasteiger partial charge in [0.05, 0.1) is 7.11 Å². The summed E-state index contributed by atoms with van der Waals surface area (Å²) in [6.45, 7) is 6.28. The number of nitrogens with zero attached hydrogens (tertiary/aromatic N) is 1. The summed E-state index contributed by atoms with van der Waals surface area (Å²) in [6.07, 6.45) is 5.00. The second-order valence-corrected chi connectivity index (χ2v) is 10.1. The van der Waals surface area contributed by atoms with Crippen LogP contribution in [0, 0.1) is 0 Å². The van der Waals surface area contributed by atoms with E-state index in [0.717, 1.165) is 52.3 Å². The number of thiophene rings is 1. The Morgan fingerprint density at radius 2 is 1.60 bits per heavy atom. The number of aryl methyl sites for hydroxylation is 1. The van der Waals surface area contributed by atoms with E-state index in [1.165, 1.54) is 42.1 Å². The van der Waals surface area contributed by atoms with Crippen LogP contribution in [0.25, 0.3) is 21.2 Å². The molecular weight excluding hydrogens is 454 g/mol. The van der Waals surface area contributed by atoms with Gasteiger partial charge >= 0.3 is 0 Å². The Morgan fingerprint density at radius 3 is 2.34 bits per heavy atom. The second kappa shape index (κ2) is 11.1.